The quantitative estimate of drug-likeness (QED) is 0.677. The number of benzene rings is 1. The zero-order valence-electron chi connectivity index (χ0n) is 14.1. The summed E-state index contributed by atoms with van der Waals surface area (Å²) >= 11 is 0. The molecule has 1 aliphatic rings. The predicted octanol–water partition coefficient (Wildman–Crippen LogP) is 2.18. The lowest BCUT2D eigenvalue weighted by Gasteiger charge is -2.35. The highest BCUT2D eigenvalue weighted by Crippen LogP contribution is 2.38. The smallest absolute Gasteiger partial charge is 0.224 e. The highest BCUT2D eigenvalue weighted by atomic mass is 16.5. The van der Waals surface area contributed by atoms with Crippen LogP contribution in [-0.4, -0.2) is 25.0 Å². The molecule has 2 rings (SSSR count). The largest absolute Gasteiger partial charge is 0.493 e. The number of carbonyl (C=O) groups excluding carboxylic acids is 2. The third-order valence-electron chi connectivity index (χ3n) is 4.64. The van der Waals surface area contributed by atoms with E-state index in [2.05, 4.69) is 5.32 Å². The van der Waals surface area contributed by atoms with E-state index in [1.807, 2.05) is 0 Å². The average Bonchev–Trinajstić information content (AvgIpc) is 2.57. The number of hydrogen-bond donors (Lipinski definition) is 3. The molecule has 0 heterocycles. The Bertz CT molecular complexity index is 551. The van der Waals surface area contributed by atoms with Gasteiger partial charge in [-0.15, -0.1) is 0 Å². The van der Waals surface area contributed by atoms with E-state index >= 15 is 0 Å². The summed E-state index contributed by atoms with van der Waals surface area (Å²) in [6.07, 6.45) is 6.26. The molecule has 0 saturated heterocycles. The van der Waals surface area contributed by atoms with Crippen LogP contribution in [0.25, 0.3) is 0 Å². The molecule has 0 aromatic heterocycles. The second-order valence-electron chi connectivity index (χ2n) is 6.58. The summed E-state index contributed by atoms with van der Waals surface area (Å²) < 4.78 is 5.40. The molecule has 1 saturated carbocycles. The summed E-state index contributed by atoms with van der Waals surface area (Å²) in [7, 11) is 0. The first-order valence-corrected chi connectivity index (χ1v) is 8.54. The van der Waals surface area contributed by atoms with Gasteiger partial charge in [-0.25, -0.2) is 0 Å². The Kier molecular flexibility index (Phi) is 6.61. The van der Waals surface area contributed by atoms with E-state index in [0.29, 0.717) is 18.7 Å². The number of carbonyl (C=O) groups is 2. The van der Waals surface area contributed by atoms with Crippen LogP contribution >= 0.6 is 0 Å². The van der Waals surface area contributed by atoms with Gasteiger partial charge in [0.05, 0.1) is 13.0 Å². The molecular weight excluding hydrogens is 306 g/mol. The SMILES string of the molecule is NCC1(CC(=O)Nc2ccc(OCCC(N)=O)cc2)CCCCC1. The molecule has 0 atom stereocenters. The minimum Gasteiger partial charge on any atom is -0.493 e. The third kappa shape index (κ3) is 5.53. The van der Waals surface area contributed by atoms with Crippen LogP contribution in [-0.2, 0) is 9.59 Å². The first kappa shape index (κ1) is 18.3. The standard InChI is InChI=1S/C18H27N3O3/c19-13-18(9-2-1-3-10-18)12-17(23)21-14-4-6-15(7-5-14)24-11-8-16(20)22/h4-7H,1-3,8-13,19H2,(H2,20,22)(H,21,23). The van der Waals surface area contributed by atoms with Gasteiger partial charge in [-0.05, 0) is 49.1 Å². The Labute approximate surface area is 142 Å². The first-order valence-electron chi connectivity index (χ1n) is 8.54. The van der Waals surface area contributed by atoms with Crippen molar-refractivity contribution in [2.45, 2.75) is 44.9 Å². The summed E-state index contributed by atoms with van der Waals surface area (Å²) in [6, 6.07) is 7.09. The van der Waals surface area contributed by atoms with E-state index in [1.54, 1.807) is 24.3 Å². The van der Waals surface area contributed by atoms with Crippen molar-refractivity contribution >= 4 is 17.5 Å². The topological polar surface area (TPSA) is 107 Å². The van der Waals surface area contributed by atoms with Crippen molar-refractivity contribution < 1.29 is 14.3 Å². The molecule has 0 aliphatic heterocycles. The van der Waals surface area contributed by atoms with E-state index in [-0.39, 0.29) is 24.3 Å². The molecule has 1 aliphatic carbocycles. The number of nitrogens with two attached hydrogens (primary N) is 2. The van der Waals surface area contributed by atoms with Crippen molar-refractivity contribution in [1.82, 2.24) is 0 Å². The van der Waals surface area contributed by atoms with E-state index in [9.17, 15) is 9.59 Å². The highest BCUT2D eigenvalue weighted by Gasteiger charge is 2.32. The summed E-state index contributed by atoms with van der Waals surface area (Å²) in [6.45, 7) is 0.813. The van der Waals surface area contributed by atoms with Crippen LogP contribution in [0.1, 0.15) is 44.9 Å². The Morgan fingerprint density at radius 3 is 2.38 bits per heavy atom. The van der Waals surface area contributed by atoms with Crippen molar-refractivity contribution in [2.24, 2.45) is 16.9 Å². The van der Waals surface area contributed by atoms with Crippen LogP contribution in [0.3, 0.4) is 0 Å². The Balaban J connectivity index is 1.84. The van der Waals surface area contributed by atoms with E-state index in [0.717, 1.165) is 31.4 Å². The van der Waals surface area contributed by atoms with Gasteiger partial charge in [-0.3, -0.25) is 9.59 Å². The van der Waals surface area contributed by atoms with Crippen LogP contribution in [0.4, 0.5) is 5.69 Å². The Morgan fingerprint density at radius 2 is 1.79 bits per heavy atom. The maximum Gasteiger partial charge on any atom is 0.224 e. The maximum atomic E-state index is 12.3. The molecule has 0 bridgehead atoms. The molecule has 24 heavy (non-hydrogen) atoms. The van der Waals surface area contributed by atoms with Gasteiger partial charge in [0, 0.05) is 12.1 Å². The van der Waals surface area contributed by atoms with Crippen LogP contribution in [0.2, 0.25) is 0 Å². The van der Waals surface area contributed by atoms with Crippen molar-refractivity contribution in [3.63, 3.8) is 0 Å². The second kappa shape index (κ2) is 8.68. The number of ether oxygens (including phenoxy) is 1. The van der Waals surface area contributed by atoms with Crippen molar-refractivity contribution in [1.29, 1.82) is 0 Å². The molecule has 6 nitrogen and oxygen atoms in total. The van der Waals surface area contributed by atoms with Gasteiger partial charge in [0.15, 0.2) is 0 Å². The molecular formula is C18H27N3O3. The fourth-order valence-electron chi connectivity index (χ4n) is 3.20. The van der Waals surface area contributed by atoms with E-state index in [1.165, 1.54) is 6.42 Å². The van der Waals surface area contributed by atoms with Gasteiger partial charge in [0.2, 0.25) is 11.8 Å². The van der Waals surface area contributed by atoms with Crippen LogP contribution in [0.5, 0.6) is 5.75 Å². The molecule has 1 aromatic rings. The third-order valence-corrected chi connectivity index (χ3v) is 4.64. The fraction of sp³-hybridized carbons (Fsp3) is 0.556. The van der Waals surface area contributed by atoms with Crippen LogP contribution < -0.4 is 21.5 Å². The number of amides is 2. The summed E-state index contributed by atoms with van der Waals surface area (Å²) in [5.74, 6) is 0.250. The van der Waals surface area contributed by atoms with Crippen molar-refractivity contribution in [2.75, 3.05) is 18.5 Å². The molecule has 0 unspecified atom stereocenters. The Hall–Kier alpha value is -2.08. The Morgan fingerprint density at radius 1 is 1.12 bits per heavy atom. The average molecular weight is 333 g/mol. The first-order chi connectivity index (χ1) is 11.5. The monoisotopic (exact) mass is 333 g/mol. The zero-order valence-corrected chi connectivity index (χ0v) is 14.1. The van der Waals surface area contributed by atoms with E-state index in [4.69, 9.17) is 16.2 Å². The lowest BCUT2D eigenvalue weighted by atomic mass is 9.71. The molecule has 2 amide bonds. The molecule has 1 fully saturated rings. The van der Waals surface area contributed by atoms with Gasteiger partial charge in [0.25, 0.3) is 0 Å². The van der Waals surface area contributed by atoms with Gasteiger partial charge in [-0.1, -0.05) is 19.3 Å². The molecule has 5 N–H and O–H groups in total. The van der Waals surface area contributed by atoms with E-state index < -0.39 is 5.91 Å². The van der Waals surface area contributed by atoms with Crippen LogP contribution in [0.15, 0.2) is 24.3 Å². The summed E-state index contributed by atoms with van der Waals surface area (Å²) in [5, 5.41) is 2.93. The van der Waals surface area contributed by atoms with Gasteiger partial charge < -0.3 is 21.5 Å². The molecule has 0 radical (unpaired) electrons. The van der Waals surface area contributed by atoms with Gasteiger partial charge in [0.1, 0.15) is 5.75 Å². The summed E-state index contributed by atoms with van der Waals surface area (Å²) in [5.41, 5.74) is 11.7. The number of hydrogen-bond acceptors (Lipinski definition) is 4. The number of nitrogens with one attached hydrogen (secondary N) is 1. The number of primary amides is 1. The number of anilines is 1. The molecule has 132 valence electrons. The highest BCUT2D eigenvalue weighted by molar-refractivity contribution is 5.91. The van der Waals surface area contributed by atoms with Gasteiger partial charge in [-0.2, -0.15) is 0 Å². The minimum absolute atomic E-state index is 0.00440. The van der Waals surface area contributed by atoms with Crippen molar-refractivity contribution in [3.8, 4) is 5.75 Å². The fourth-order valence-corrected chi connectivity index (χ4v) is 3.20. The minimum atomic E-state index is -0.393. The molecule has 0 spiro atoms. The lowest BCUT2D eigenvalue weighted by Crippen LogP contribution is -2.36. The normalized spacial score (nSPS) is 16.4. The summed E-state index contributed by atoms with van der Waals surface area (Å²) in [4.78, 5) is 23.0. The predicted molar refractivity (Wildman–Crippen MR) is 93.6 cm³/mol. The maximum absolute atomic E-state index is 12.3. The molecule has 1 aromatic carbocycles. The number of rotatable bonds is 8. The molecule has 6 heteroatoms. The zero-order chi connectivity index (χ0) is 17.4. The second-order valence-corrected chi connectivity index (χ2v) is 6.58. The lowest BCUT2D eigenvalue weighted by molar-refractivity contribution is -0.119. The van der Waals surface area contributed by atoms with Crippen molar-refractivity contribution in [3.05, 3.63) is 24.3 Å². The van der Waals surface area contributed by atoms with Gasteiger partial charge >= 0.3 is 0 Å². The van der Waals surface area contributed by atoms with Crippen LogP contribution in [0, 0.1) is 5.41 Å².